The van der Waals surface area contributed by atoms with E-state index >= 15 is 0 Å². The molecule has 0 aromatic rings. The summed E-state index contributed by atoms with van der Waals surface area (Å²) >= 11 is 0. The molecule has 2 unspecified atom stereocenters. The molecule has 0 bridgehead atoms. The van der Waals surface area contributed by atoms with Crippen molar-refractivity contribution in [3.8, 4) is 0 Å². The fourth-order valence-electron chi connectivity index (χ4n) is 2.39. The van der Waals surface area contributed by atoms with E-state index in [0.29, 0.717) is 6.10 Å². The molecule has 0 N–H and O–H groups in total. The summed E-state index contributed by atoms with van der Waals surface area (Å²) in [5.41, 5.74) is -0.169. The average molecular weight is 213 g/mol. The van der Waals surface area contributed by atoms with Crippen molar-refractivity contribution in [3.63, 3.8) is 0 Å². The lowest BCUT2D eigenvalue weighted by molar-refractivity contribution is -0.116. The number of likely N-dealkylation sites (tertiary alicyclic amines) is 1. The molecule has 1 aliphatic heterocycles. The van der Waals surface area contributed by atoms with Crippen LogP contribution in [0.4, 0.5) is 0 Å². The average Bonchev–Trinajstić information content (AvgIpc) is 2.66. The van der Waals surface area contributed by atoms with E-state index in [2.05, 4.69) is 18.7 Å². The van der Waals surface area contributed by atoms with E-state index < -0.39 is 0 Å². The van der Waals surface area contributed by atoms with E-state index in [9.17, 15) is 4.79 Å². The molecule has 0 aromatic heterocycles. The minimum atomic E-state index is -0.169. The molecule has 3 nitrogen and oxygen atoms in total. The van der Waals surface area contributed by atoms with Crippen molar-refractivity contribution in [3.05, 3.63) is 0 Å². The van der Waals surface area contributed by atoms with Gasteiger partial charge in [0.25, 0.3) is 0 Å². The summed E-state index contributed by atoms with van der Waals surface area (Å²) < 4.78 is 5.32. The molecule has 1 rings (SSSR count). The van der Waals surface area contributed by atoms with Crippen molar-refractivity contribution in [2.45, 2.75) is 39.2 Å². The van der Waals surface area contributed by atoms with Crippen molar-refractivity contribution in [1.29, 1.82) is 0 Å². The molecule has 0 aliphatic carbocycles. The van der Waals surface area contributed by atoms with Gasteiger partial charge in [0, 0.05) is 32.2 Å². The van der Waals surface area contributed by atoms with Gasteiger partial charge in [-0.05, 0) is 12.8 Å². The maximum absolute atomic E-state index is 11.1. The van der Waals surface area contributed by atoms with Gasteiger partial charge in [0.1, 0.15) is 6.29 Å². The number of carbonyl (C=O) groups excluding carboxylic acids is 1. The van der Waals surface area contributed by atoms with E-state index in [-0.39, 0.29) is 5.41 Å². The predicted molar refractivity (Wildman–Crippen MR) is 60.9 cm³/mol. The summed E-state index contributed by atoms with van der Waals surface area (Å²) in [5, 5.41) is 0. The molecule has 0 aromatic carbocycles. The first-order valence-corrected chi connectivity index (χ1v) is 5.85. The van der Waals surface area contributed by atoms with E-state index in [1.54, 1.807) is 7.11 Å². The Labute approximate surface area is 92.8 Å². The Morgan fingerprint density at radius 2 is 2.33 bits per heavy atom. The Bertz CT molecular complexity index is 208. The highest BCUT2D eigenvalue weighted by Gasteiger charge is 2.30. The first-order valence-electron chi connectivity index (χ1n) is 5.85. The molecule has 2 atom stereocenters. The number of nitrogens with zero attached hydrogens (tertiary/aromatic N) is 1. The third kappa shape index (κ3) is 3.58. The van der Waals surface area contributed by atoms with Crippen molar-refractivity contribution < 1.29 is 9.53 Å². The molecule has 88 valence electrons. The van der Waals surface area contributed by atoms with Crippen LogP contribution in [0.25, 0.3) is 0 Å². The Morgan fingerprint density at radius 1 is 1.60 bits per heavy atom. The highest BCUT2D eigenvalue weighted by atomic mass is 16.5. The lowest BCUT2D eigenvalue weighted by Crippen LogP contribution is -2.36. The molecule has 1 aliphatic rings. The minimum absolute atomic E-state index is 0.169. The van der Waals surface area contributed by atoms with Gasteiger partial charge in [-0.3, -0.25) is 4.90 Å². The molecule has 0 amide bonds. The third-order valence-corrected chi connectivity index (χ3v) is 3.25. The first kappa shape index (κ1) is 12.7. The highest BCUT2D eigenvalue weighted by molar-refractivity contribution is 5.59. The summed E-state index contributed by atoms with van der Waals surface area (Å²) in [4.78, 5) is 13.4. The highest BCUT2D eigenvalue weighted by Crippen LogP contribution is 2.24. The van der Waals surface area contributed by atoms with E-state index in [1.165, 1.54) is 0 Å². The van der Waals surface area contributed by atoms with Crippen molar-refractivity contribution in [1.82, 2.24) is 4.90 Å². The number of hydrogen-bond donors (Lipinski definition) is 0. The lowest BCUT2D eigenvalue weighted by Gasteiger charge is -2.28. The number of hydrogen-bond acceptors (Lipinski definition) is 3. The largest absolute Gasteiger partial charge is 0.380 e. The van der Waals surface area contributed by atoms with Gasteiger partial charge in [0.05, 0.1) is 6.10 Å². The quantitative estimate of drug-likeness (QED) is 0.629. The van der Waals surface area contributed by atoms with Crippen molar-refractivity contribution in [2.75, 3.05) is 26.7 Å². The van der Waals surface area contributed by atoms with E-state index in [1.807, 2.05) is 0 Å². The molecule has 3 heteroatoms. The lowest BCUT2D eigenvalue weighted by atomic mass is 9.87. The number of ether oxygens (including phenoxy) is 1. The van der Waals surface area contributed by atoms with Crippen molar-refractivity contribution >= 4 is 6.29 Å². The van der Waals surface area contributed by atoms with Crippen LogP contribution in [0.2, 0.25) is 0 Å². The van der Waals surface area contributed by atoms with Crippen LogP contribution in [-0.4, -0.2) is 44.0 Å². The van der Waals surface area contributed by atoms with Crippen LogP contribution in [0.15, 0.2) is 0 Å². The summed E-state index contributed by atoms with van der Waals surface area (Å²) in [6.45, 7) is 7.10. The minimum Gasteiger partial charge on any atom is -0.380 e. The van der Waals surface area contributed by atoms with Gasteiger partial charge in [-0.25, -0.2) is 0 Å². The first-order chi connectivity index (χ1) is 7.13. The zero-order valence-corrected chi connectivity index (χ0v) is 10.2. The number of methoxy groups -OCH3 is 1. The number of aldehydes is 1. The molecule has 1 saturated heterocycles. The van der Waals surface area contributed by atoms with Crippen LogP contribution in [0.5, 0.6) is 0 Å². The number of carbonyl (C=O) groups is 1. The van der Waals surface area contributed by atoms with Gasteiger partial charge in [-0.1, -0.05) is 20.3 Å². The normalized spacial score (nSPS) is 26.5. The van der Waals surface area contributed by atoms with E-state index in [4.69, 9.17) is 4.74 Å². The Morgan fingerprint density at radius 3 is 2.80 bits per heavy atom. The monoisotopic (exact) mass is 213 g/mol. The molecule has 1 heterocycles. The molecule has 0 saturated carbocycles. The molecule has 1 fully saturated rings. The maximum Gasteiger partial charge on any atom is 0.127 e. The zero-order valence-electron chi connectivity index (χ0n) is 10.2. The predicted octanol–water partition coefficient (Wildman–Crippen LogP) is 1.71. The molecule has 0 spiro atoms. The number of rotatable bonds is 6. The van der Waals surface area contributed by atoms with Crippen LogP contribution in [-0.2, 0) is 9.53 Å². The SMILES string of the molecule is CCCC(C)(C=O)CN1CCC(OC)C1. The summed E-state index contributed by atoms with van der Waals surface area (Å²) in [7, 11) is 1.76. The van der Waals surface area contributed by atoms with Gasteiger partial charge in [-0.15, -0.1) is 0 Å². The van der Waals surface area contributed by atoms with Gasteiger partial charge in [0.2, 0.25) is 0 Å². The maximum atomic E-state index is 11.1. The van der Waals surface area contributed by atoms with Crippen LogP contribution in [0, 0.1) is 5.41 Å². The summed E-state index contributed by atoms with van der Waals surface area (Å²) in [6, 6.07) is 0. The van der Waals surface area contributed by atoms with Crippen LogP contribution in [0.3, 0.4) is 0 Å². The van der Waals surface area contributed by atoms with Gasteiger partial charge in [0.15, 0.2) is 0 Å². The Balaban J connectivity index is 2.42. The van der Waals surface area contributed by atoms with Crippen LogP contribution >= 0.6 is 0 Å². The topological polar surface area (TPSA) is 29.5 Å². The van der Waals surface area contributed by atoms with E-state index in [0.717, 1.165) is 45.2 Å². The Kier molecular flexibility index (Phi) is 4.74. The van der Waals surface area contributed by atoms with Crippen molar-refractivity contribution in [2.24, 2.45) is 5.41 Å². The third-order valence-electron chi connectivity index (χ3n) is 3.25. The fraction of sp³-hybridized carbons (Fsp3) is 0.917. The molecular formula is C12H23NO2. The standard InChI is InChI=1S/C12H23NO2/c1-4-6-12(2,10-14)9-13-7-5-11(8-13)15-3/h10-11H,4-9H2,1-3H3. The van der Waals surface area contributed by atoms with Gasteiger partial charge in [-0.2, -0.15) is 0 Å². The van der Waals surface area contributed by atoms with Gasteiger partial charge < -0.3 is 9.53 Å². The zero-order chi connectivity index (χ0) is 11.3. The molecule has 0 radical (unpaired) electrons. The molecular weight excluding hydrogens is 190 g/mol. The fourth-order valence-corrected chi connectivity index (χ4v) is 2.39. The van der Waals surface area contributed by atoms with Crippen LogP contribution < -0.4 is 0 Å². The second-order valence-electron chi connectivity index (χ2n) is 4.90. The summed E-state index contributed by atoms with van der Waals surface area (Å²) in [5.74, 6) is 0. The molecule has 15 heavy (non-hydrogen) atoms. The summed E-state index contributed by atoms with van der Waals surface area (Å²) in [6.07, 6.45) is 4.62. The smallest absolute Gasteiger partial charge is 0.127 e. The Hall–Kier alpha value is -0.410. The van der Waals surface area contributed by atoms with Gasteiger partial charge >= 0.3 is 0 Å². The second kappa shape index (κ2) is 5.61. The van der Waals surface area contributed by atoms with Crippen LogP contribution in [0.1, 0.15) is 33.1 Å². The second-order valence-corrected chi connectivity index (χ2v) is 4.90.